The molecule has 9 atom stereocenters. The number of aliphatic hydroxyl groups is 2. The Labute approximate surface area is 181 Å². The van der Waals surface area contributed by atoms with E-state index < -0.39 is 5.60 Å². The van der Waals surface area contributed by atoms with Crippen LogP contribution < -0.4 is 0 Å². The predicted molar refractivity (Wildman–Crippen MR) is 123 cm³/mol. The molecule has 0 aromatic heterocycles. The maximum Gasteiger partial charge on any atom is 0.0591 e. The van der Waals surface area contributed by atoms with Crippen LogP contribution in [0.15, 0.2) is 0 Å². The second kappa shape index (κ2) is 8.12. The van der Waals surface area contributed by atoms with Crippen molar-refractivity contribution in [2.45, 2.75) is 124 Å². The van der Waals surface area contributed by atoms with Gasteiger partial charge in [-0.15, -0.1) is 0 Å². The second-order valence-electron chi connectivity index (χ2n) is 12.6. The van der Waals surface area contributed by atoms with E-state index in [1.54, 1.807) is 0 Å². The molecule has 8 unspecified atom stereocenters. The van der Waals surface area contributed by atoms with Gasteiger partial charge in [-0.05, 0) is 131 Å². The minimum atomic E-state index is -0.524. The fourth-order valence-corrected chi connectivity index (χ4v) is 8.99. The Balaban J connectivity index is 0.00000240. The van der Waals surface area contributed by atoms with Crippen LogP contribution in [0.1, 0.15) is 113 Å². The van der Waals surface area contributed by atoms with Gasteiger partial charge in [0.1, 0.15) is 0 Å². The summed E-state index contributed by atoms with van der Waals surface area (Å²) in [6.07, 6.45) is 13.9. The minimum absolute atomic E-state index is 0. The van der Waals surface area contributed by atoms with Gasteiger partial charge in [0, 0.05) is 0 Å². The van der Waals surface area contributed by atoms with E-state index in [0.29, 0.717) is 10.8 Å². The highest BCUT2D eigenvalue weighted by Crippen LogP contribution is 2.68. The molecule has 2 nitrogen and oxygen atoms in total. The summed E-state index contributed by atoms with van der Waals surface area (Å²) in [5.41, 5.74) is 0.495. The highest BCUT2D eigenvalue weighted by atomic mass is 16.3. The van der Waals surface area contributed by atoms with Crippen LogP contribution in [0.3, 0.4) is 0 Å². The maximum atomic E-state index is 10.2. The van der Waals surface area contributed by atoms with Gasteiger partial charge in [0.05, 0.1) is 11.7 Å². The van der Waals surface area contributed by atoms with Crippen molar-refractivity contribution >= 4 is 0 Å². The van der Waals surface area contributed by atoms with Crippen molar-refractivity contribution in [3.8, 4) is 0 Å². The minimum Gasteiger partial charge on any atom is -0.393 e. The van der Waals surface area contributed by atoms with Crippen LogP contribution in [0.5, 0.6) is 0 Å². The standard InChI is InChI=1S/C26H46O2.CH4/c1-17(10-13-24(2,3)28)21-8-9-22-20-7-6-18-16-19(27)11-14-25(18,4)23(20)12-15-26(21,22)5;/h17-23,27-28H,6-16H2,1-5H3;1H4/t17-,18?,19?,20?,21?,22?,23?,25?,26?;/m1./s1. The highest BCUT2D eigenvalue weighted by Gasteiger charge is 2.60. The van der Waals surface area contributed by atoms with Crippen LogP contribution in [-0.2, 0) is 0 Å². The van der Waals surface area contributed by atoms with Crippen LogP contribution in [0.4, 0.5) is 0 Å². The zero-order valence-electron chi connectivity index (χ0n) is 19.2. The first-order valence-corrected chi connectivity index (χ1v) is 12.4. The molecule has 2 N–H and O–H groups in total. The van der Waals surface area contributed by atoms with Crippen molar-refractivity contribution in [2.75, 3.05) is 0 Å². The Bertz CT molecular complexity index is 565. The molecule has 4 fully saturated rings. The third-order valence-electron chi connectivity index (χ3n) is 10.6. The lowest BCUT2D eigenvalue weighted by Crippen LogP contribution is -2.54. The number of aliphatic hydroxyl groups excluding tert-OH is 1. The lowest BCUT2D eigenvalue weighted by Gasteiger charge is -2.61. The fraction of sp³-hybridized carbons (Fsp3) is 1.00. The van der Waals surface area contributed by atoms with E-state index in [-0.39, 0.29) is 13.5 Å². The van der Waals surface area contributed by atoms with E-state index in [1.807, 2.05) is 13.8 Å². The largest absolute Gasteiger partial charge is 0.393 e. The molecule has 4 rings (SSSR count). The molecule has 170 valence electrons. The van der Waals surface area contributed by atoms with E-state index >= 15 is 0 Å². The topological polar surface area (TPSA) is 40.5 Å². The fourth-order valence-electron chi connectivity index (χ4n) is 8.99. The molecule has 4 saturated carbocycles. The van der Waals surface area contributed by atoms with Gasteiger partial charge in [-0.25, -0.2) is 0 Å². The number of rotatable bonds is 4. The Morgan fingerprint density at radius 3 is 2.28 bits per heavy atom. The van der Waals surface area contributed by atoms with Crippen molar-refractivity contribution in [1.82, 2.24) is 0 Å². The number of hydrogen-bond donors (Lipinski definition) is 2. The molecule has 0 aromatic rings. The van der Waals surface area contributed by atoms with Crippen LogP contribution in [0.25, 0.3) is 0 Å². The average Bonchev–Trinajstić information content (AvgIpc) is 2.97. The average molecular weight is 407 g/mol. The molecule has 0 aromatic carbocycles. The Hall–Kier alpha value is -0.0800. The van der Waals surface area contributed by atoms with Crippen molar-refractivity contribution < 1.29 is 10.2 Å². The lowest BCUT2D eigenvalue weighted by molar-refractivity contribution is -0.129. The van der Waals surface area contributed by atoms with E-state index in [2.05, 4.69) is 20.8 Å². The van der Waals surface area contributed by atoms with Gasteiger partial charge in [-0.2, -0.15) is 0 Å². The molecule has 2 heteroatoms. The van der Waals surface area contributed by atoms with Gasteiger partial charge in [0.25, 0.3) is 0 Å². The van der Waals surface area contributed by atoms with Crippen LogP contribution in [0.2, 0.25) is 0 Å². The van der Waals surface area contributed by atoms with Gasteiger partial charge >= 0.3 is 0 Å². The highest BCUT2D eigenvalue weighted by molar-refractivity contribution is 5.09. The third kappa shape index (κ3) is 4.07. The quantitative estimate of drug-likeness (QED) is 0.537. The zero-order valence-corrected chi connectivity index (χ0v) is 19.2. The van der Waals surface area contributed by atoms with Gasteiger partial charge in [-0.1, -0.05) is 28.2 Å². The van der Waals surface area contributed by atoms with E-state index in [9.17, 15) is 10.2 Å². The normalized spacial score (nSPS) is 48.1. The van der Waals surface area contributed by atoms with Gasteiger partial charge in [-0.3, -0.25) is 0 Å². The molecule has 0 aliphatic heterocycles. The molecular formula is C27H50O2. The molecule has 4 aliphatic rings. The molecular weight excluding hydrogens is 356 g/mol. The van der Waals surface area contributed by atoms with Crippen molar-refractivity contribution in [3.63, 3.8) is 0 Å². The van der Waals surface area contributed by atoms with Gasteiger partial charge in [0.2, 0.25) is 0 Å². The SMILES string of the molecule is C.C[C@H](CCC(C)(C)O)C1CCC2C3CCC4CC(O)CCC4(C)C3CCC21C. The molecule has 0 radical (unpaired) electrons. The smallest absolute Gasteiger partial charge is 0.0591 e. The van der Waals surface area contributed by atoms with Crippen molar-refractivity contribution in [3.05, 3.63) is 0 Å². The number of hydrogen-bond acceptors (Lipinski definition) is 2. The molecule has 0 spiro atoms. The molecule has 4 aliphatic carbocycles. The summed E-state index contributed by atoms with van der Waals surface area (Å²) in [4.78, 5) is 0. The second-order valence-corrected chi connectivity index (χ2v) is 12.6. The molecule has 29 heavy (non-hydrogen) atoms. The van der Waals surface area contributed by atoms with Crippen LogP contribution in [-0.4, -0.2) is 21.9 Å². The first kappa shape index (κ1) is 23.6. The van der Waals surface area contributed by atoms with Gasteiger partial charge < -0.3 is 10.2 Å². The Morgan fingerprint density at radius 1 is 0.931 bits per heavy atom. The summed E-state index contributed by atoms with van der Waals surface area (Å²) >= 11 is 0. The molecule has 0 saturated heterocycles. The summed E-state index contributed by atoms with van der Waals surface area (Å²) in [5.74, 6) is 5.11. The Kier molecular flexibility index (Phi) is 6.60. The summed E-state index contributed by atoms with van der Waals surface area (Å²) in [6, 6.07) is 0. The number of fused-ring (bicyclic) bond motifs is 5. The Morgan fingerprint density at radius 2 is 1.59 bits per heavy atom. The zero-order chi connectivity index (χ0) is 20.3. The monoisotopic (exact) mass is 406 g/mol. The third-order valence-corrected chi connectivity index (χ3v) is 10.6. The van der Waals surface area contributed by atoms with Crippen molar-refractivity contribution in [1.29, 1.82) is 0 Å². The predicted octanol–water partition coefficient (Wildman–Crippen LogP) is 6.83. The van der Waals surface area contributed by atoms with E-state index in [4.69, 9.17) is 0 Å². The molecule has 0 bridgehead atoms. The van der Waals surface area contributed by atoms with Crippen molar-refractivity contribution in [2.24, 2.45) is 46.3 Å². The van der Waals surface area contributed by atoms with Crippen LogP contribution in [0, 0.1) is 46.3 Å². The van der Waals surface area contributed by atoms with E-state index in [0.717, 1.165) is 54.8 Å². The first-order chi connectivity index (χ1) is 13.0. The summed E-state index contributed by atoms with van der Waals surface area (Å²) in [6.45, 7) is 11.6. The molecule has 0 amide bonds. The summed E-state index contributed by atoms with van der Waals surface area (Å²) < 4.78 is 0. The maximum absolute atomic E-state index is 10.2. The molecule has 0 heterocycles. The van der Waals surface area contributed by atoms with Crippen LogP contribution >= 0.6 is 0 Å². The van der Waals surface area contributed by atoms with Gasteiger partial charge in [0.15, 0.2) is 0 Å². The first-order valence-electron chi connectivity index (χ1n) is 12.4. The van der Waals surface area contributed by atoms with E-state index in [1.165, 1.54) is 51.4 Å². The lowest BCUT2D eigenvalue weighted by atomic mass is 9.44. The summed E-state index contributed by atoms with van der Waals surface area (Å²) in [5, 5.41) is 20.4. The summed E-state index contributed by atoms with van der Waals surface area (Å²) in [7, 11) is 0.